The molecule has 1 fully saturated rings. The molecule has 0 radical (unpaired) electrons. The van der Waals surface area contributed by atoms with Crippen LogP contribution in [0.5, 0.6) is 0 Å². The summed E-state index contributed by atoms with van der Waals surface area (Å²) in [5, 5.41) is 28.9. The van der Waals surface area contributed by atoms with E-state index in [9.17, 15) is 19.8 Å². The molecule has 128 valence electrons. The van der Waals surface area contributed by atoms with Crippen molar-refractivity contribution >= 4 is 19.3 Å². The van der Waals surface area contributed by atoms with E-state index in [-0.39, 0.29) is 5.56 Å². The predicted molar refractivity (Wildman–Crippen MR) is 86.7 cm³/mol. The van der Waals surface area contributed by atoms with Crippen LogP contribution in [0, 0.1) is 0 Å². The van der Waals surface area contributed by atoms with Crippen LogP contribution >= 0.6 is 0 Å². The molecule has 23 heavy (non-hydrogen) atoms. The Hall–Kier alpha value is -1.20. The van der Waals surface area contributed by atoms with Gasteiger partial charge in [0.1, 0.15) is 0 Å². The van der Waals surface area contributed by atoms with Gasteiger partial charge in [0.05, 0.1) is 0 Å². The zero-order chi connectivity index (χ0) is 17.4. The van der Waals surface area contributed by atoms with Gasteiger partial charge in [0.25, 0.3) is 0 Å². The van der Waals surface area contributed by atoms with Crippen molar-refractivity contribution in [3.8, 4) is 0 Å². The average Bonchev–Trinajstić information content (AvgIpc) is 2.73. The zero-order valence-electron chi connectivity index (χ0n) is 13.3. The van der Waals surface area contributed by atoms with Crippen LogP contribution in [0.3, 0.4) is 0 Å². The van der Waals surface area contributed by atoms with Gasteiger partial charge in [-0.25, -0.2) is 0 Å². The molecule has 4 N–H and O–H groups in total. The van der Waals surface area contributed by atoms with E-state index >= 15 is 0 Å². The van der Waals surface area contributed by atoms with Gasteiger partial charge in [-0.15, -0.1) is 0 Å². The quantitative estimate of drug-likeness (QED) is 0.494. The Morgan fingerprint density at radius 2 is 1.96 bits per heavy atom. The molecule has 4 atom stereocenters. The van der Waals surface area contributed by atoms with Gasteiger partial charge in [-0.3, -0.25) is 0 Å². The Morgan fingerprint density at radius 3 is 2.48 bits per heavy atom. The van der Waals surface area contributed by atoms with Gasteiger partial charge in [-0.05, 0) is 0 Å². The molecular weight excluding hydrogens is 365 g/mol. The molecule has 0 aliphatic carbocycles. The van der Waals surface area contributed by atoms with Gasteiger partial charge in [0.2, 0.25) is 0 Å². The summed E-state index contributed by atoms with van der Waals surface area (Å²) in [6, 6.07) is 0. The molecule has 0 bridgehead atoms. The van der Waals surface area contributed by atoms with E-state index in [4.69, 9.17) is 9.84 Å². The van der Waals surface area contributed by atoms with E-state index in [0.29, 0.717) is 0 Å². The van der Waals surface area contributed by atoms with Crippen molar-refractivity contribution in [1.29, 1.82) is 0 Å². The van der Waals surface area contributed by atoms with Gasteiger partial charge in [-0.2, -0.15) is 0 Å². The number of ether oxygens (including phenoxy) is 1. The number of rotatable bonds is 4. The number of nitrogens with one attached hydrogen (secondary N) is 1. The molecule has 2 rings (SSSR count). The minimum absolute atomic E-state index is 0.267. The molecule has 1 aliphatic heterocycles. The zero-order valence-corrected chi connectivity index (χ0v) is 15.4. The van der Waals surface area contributed by atoms with Gasteiger partial charge in [0, 0.05) is 0 Å². The summed E-state index contributed by atoms with van der Waals surface area (Å²) < 4.78 is 6.35. The third-order valence-electron chi connectivity index (χ3n) is 3.55. The van der Waals surface area contributed by atoms with Gasteiger partial charge in [-0.1, -0.05) is 0 Å². The first-order valence-electron chi connectivity index (χ1n) is 7.31. The van der Waals surface area contributed by atoms with E-state index in [1.165, 1.54) is 6.20 Å². The molecule has 0 unspecified atom stereocenters. The van der Waals surface area contributed by atoms with Crippen molar-refractivity contribution in [3.63, 3.8) is 0 Å². The van der Waals surface area contributed by atoms with Gasteiger partial charge >= 0.3 is 135 Å². The van der Waals surface area contributed by atoms with Crippen molar-refractivity contribution in [2.45, 2.75) is 41.8 Å². The van der Waals surface area contributed by atoms with Crippen LogP contribution in [0.4, 0.5) is 0 Å². The molecule has 1 aliphatic rings. The molecule has 1 aromatic heterocycles. The van der Waals surface area contributed by atoms with E-state index in [0.717, 1.165) is 4.57 Å². The minimum atomic E-state index is -2.03. The Balaban J connectivity index is 2.42. The average molecular weight is 387 g/mol. The van der Waals surface area contributed by atoms with Gasteiger partial charge in [0.15, 0.2) is 0 Å². The Kier molecular flexibility index (Phi) is 5.31. The van der Waals surface area contributed by atoms with Crippen molar-refractivity contribution in [2.75, 3.05) is 6.61 Å². The summed E-state index contributed by atoms with van der Waals surface area (Å²) >= 11 is -2.03. The van der Waals surface area contributed by atoms with Crippen molar-refractivity contribution in [2.24, 2.45) is 0 Å². The number of aromatic amines is 1. The molecule has 1 aromatic rings. The van der Waals surface area contributed by atoms with Crippen molar-refractivity contribution < 1.29 is 20.1 Å². The second kappa shape index (κ2) is 6.74. The standard InChI is InChI=1S/C14H22GeN2O6/c1-15(2,3)5-4-8-6-17(14(22)16-12(8)21)13-11(20)10(19)9(7-18)23-13/h4-6,9-11,13,18-20H,7H2,1-3H3,(H,16,21,22)/b5-4+/t9-,10-,11+,13-/m1/s1. The maximum absolute atomic E-state index is 12.0. The number of aromatic nitrogens is 2. The summed E-state index contributed by atoms with van der Waals surface area (Å²) in [6.45, 7) is -0.489. The topological polar surface area (TPSA) is 125 Å². The van der Waals surface area contributed by atoms with E-state index in [1.807, 2.05) is 4.91 Å². The van der Waals surface area contributed by atoms with Crippen LogP contribution in [0.15, 0.2) is 20.7 Å². The van der Waals surface area contributed by atoms with E-state index in [2.05, 4.69) is 22.3 Å². The molecule has 0 amide bonds. The molecule has 2 heterocycles. The Bertz CT molecular complexity index is 704. The SMILES string of the molecule is [CH3][Ge]([CH3])([CH3])/[CH]=C/c1cn([C@@H]2O[C@H](CO)[C@@H](O)[C@@H]2O)c(=O)[nH]c1=O. The van der Waals surface area contributed by atoms with E-state index < -0.39 is 55.7 Å². The van der Waals surface area contributed by atoms with Crippen LogP contribution in [0.25, 0.3) is 6.08 Å². The van der Waals surface area contributed by atoms with E-state index in [1.54, 1.807) is 6.08 Å². The maximum atomic E-state index is 12.0. The summed E-state index contributed by atoms with van der Waals surface area (Å²) in [5.74, 6) is 6.44. The molecule has 0 saturated carbocycles. The second-order valence-corrected chi connectivity index (χ2v) is 17.3. The number of hydrogen-bond acceptors (Lipinski definition) is 6. The molecule has 0 aromatic carbocycles. The fraction of sp³-hybridized carbons (Fsp3) is 0.571. The van der Waals surface area contributed by atoms with Gasteiger partial charge < -0.3 is 0 Å². The van der Waals surface area contributed by atoms with Crippen LogP contribution in [0.1, 0.15) is 11.8 Å². The number of nitrogens with zero attached hydrogens (tertiary/aromatic N) is 1. The van der Waals surface area contributed by atoms with Crippen molar-refractivity contribution in [1.82, 2.24) is 9.55 Å². The molecule has 0 spiro atoms. The number of aliphatic hydroxyl groups is 3. The molecule has 9 heteroatoms. The third kappa shape index (κ3) is 4.01. The summed E-state index contributed by atoms with van der Waals surface area (Å²) in [6.07, 6.45) is -1.89. The summed E-state index contributed by atoms with van der Waals surface area (Å²) in [4.78, 5) is 28.1. The Morgan fingerprint density at radius 1 is 1.30 bits per heavy atom. The first kappa shape index (κ1) is 18.1. The van der Waals surface area contributed by atoms with Crippen molar-refractivity contribution in [3.05, 3.63) is 37.5 Å². The first-order chi connectivity index (χ1) is 10.6. The summed E-state index contributed by atoms with van der Waals surface area (Å²) in [5.41, 5.74) is -1.01. The predicted octanol–water partition coefficient (Wildman–Crippen LogP) is -0.961. The normalized spacial score (nSPS) is 28.6. The molecular formula is C14H22GeN2O6. The number of hydrogen-bond donors (Lipinski definition) is 4. The third-order valence-corrected chi connectivity index (χ3v) is 6.00. The molecule has 1 saturated heterocycles. The van der Waals surface area contributed by atoms with Crippen LogP contribution in [0.2, 0.25) is 17.3 Å². The fourth-order valence-electron chi connectivity index (χ4n) is 2.26. The van der Waals surface area contributed by atoms with Crippen LogP contribution in [-0.4, -0.2) is 63.1 Å². The van der Waals surface area contributed by atoms with Crippen LogP contribution in [-0.2, 0) is 4.74 Å². The first-order valence-corrected chi connectivity index (χ1v) is 14.8. The Labute approximate surface area is 135 Å². The van der Waals surface area contributed by atoms with Crippen LogP contribution < -0.4 is 11.2 Å². The molecule has 8 nitrogen and oxygen atoms in total. The monoisotopic (exact) mass is 388 g/mol. The fourth-order valence-corrected chi connectivity index (χ4v) is 3.68. The second-order valence-electron chi connectivity index (χ2n) is 6.68. The number of aliphatic hydroxyl groups excluding tert-OH is 3. The number of H-pyrrole nitrogens is 1. The summed E-state index contributed by atoms with van der Waals surface area (Å²) in [7, 11) is 0.